The van der Waals surface area contributed by atoms with Crippen LogP contribution in [-0.4, -0.2) is 62.1 Å². The second kappa shape index (κ2) is 13.7. The van der Waals surface area contributed by atoms with Crippen LogP contribution in [0, 0.1) is 6.92 Å². The van der Waals surface area contributed by atoms with Crippen molar-refractivity contribution in [3.05, 3.63) is 76.2 Å². The summed E-state index contributed by atoms with van der Waals surface area (Å²) in [6.07, 6.45) is 3.04. The van der Waals surface area contributed by atoms with Crippen LogP contribution in [0.1, 0.15) is 40.2 Å². The summed E-state index contributed by atoms with van der Waals surface area (Å²) in [6.45, 7) is 1.63. The number of thiazole rings is 1. The van der Waals surface area contributed by atoms with E-state index in [4.69, 9.17) is 11.5 Å². The number of carbonyl (C=O) groups is 3. The van der Waals surface area contributed by atoms with Crippen LogP contribution in [0.25, 0.3) is 0 Å². The van der Waals surface area contributed by atoms with Gasteiger partial charge in [0, 0.05) is 23.8 Å². The number of anilines is 1. The van der Waals surface area contributed by atoms with E-state index in [9.17, 15) is 22.8 Å². The topological polar surface area (TPSA) is 190 Å². The van der Waals surface area contributed by atoms with Crippen molar-refractivity contribution in [2.75, 3.05) is 18.0 Å². The van der Waals surface area contributed by atoms with Gasteiger partial charge in [-0.2, -0.15) is 0 Å². The van der Waals surface area contributed by atoms with Crippen LogP contribution in [-0.2, 0) is 26.0 Å². The zero-order valence-electron chi connectivity index (χ0n) is 23.0. The Morgan fingerprint density at radius 2 is 1.93 bits per heavy atom. The number of aliphatic imine (C=N–C) groups is 1. The molecule has 1 aliphatic rings. The Bertz CT molecular complexity index is 1560. The van der Waals surface area contributed by atoms with E-state index in [0.29, 0.717) is 24.9 Å². The molecule has 6 N–H and O–H groups in total. The number of benzene rings is 2. The second-order valence-corrected chi connectivity index (χ2v) is 12.4. The molecular formula is C28H33N7O5S2. The van der Waals surface area contributed by atoms with Gasteiger partial charge in [-0.25, -0.2) is 18.1 Å². The lowest BCUT2D eigenvalue weighted by Gasteiger charge is -2.25. The second-order valence-electron chi connectivity index (χ2n) is 9.85. The van der Waals surface area contributed by atoms with Gasteiger partial charge in [0.2, 0.25) is 23.6 Å². The number of carbonyl (C=O) groups excluding carboxylic acids is 3. The average Bonchev–Trinajstić information content (AvgIpc) is 3.47. The van der Waals surface area contributed by atoms with Crippen LogP contribution in [0.2, 0.25) is 0 Å². The molecule has 1 unspecified atom stereocenters. The van der Waals surface area contributed by atoms with Crippen LogP contribution in [0.3, 0.4) is 0 Å². The number of amides is 2. The SMILES string of the molecule is Cc1ccc(S(=O)(=O)NC(N)=NCCC[C@@H](NC(=O)CN2C(=O)C(N)CCc3ccccc32)C(=O)c2nccs2)cc1. The number of fused-ring (bicyclic) bond motifs is 1. The lowest BCUT2D eigenvalue weighted by molar-refractivity contribution is -0.124. The number of nitrogens with two attached hydrogens (primary N) is 2. The van der Waals surface area contributed by atoms with Crippen molar-refractivity contribution in [1.82, 2.24) is 15.0 Å². The van der Waals surface area contributed by atoms with Gasteiger partial charge < -0.3 is 21.7 Å². The van der Waals surface area contributed by atoms with Gasteiger partial charge >= 0.3 is 0 Å². The summed E-state index contributed by atoms with van der Waals surface area (Å²) in [5, 5.41) is 4.63. The predicted molar refractivity (Wildman–Crippen MR) is 161 cm³/mol. The van der Waals surface area contributed by atoms with Gasteiger partial charge in [-0.3, -0.25) is 19.4 Å². The first-order valence-electron chi connectivity index (χ1n) is 13.3. The number of nitrogens with zero attached hydrogens (tertiary/aromatic N) is 3. The van der Waals surface area contributed by atoms with Crippen LogP contribution >= 0.6 is 11.3 Å². The highest BCUT2D eigenvalue weighted by atomic mass is 32.2. The third-order valence-corrected chi connectivity index (χ3v) is 8.85. The fourth-order valence-electron chi connectivity index (χ4n) is 4.49. The van der Waals surface area contributed by atoms with Crippen LogP contribution in [0.4, 0.5) is 5.69 Å². The fraction of sp³-hybridized carbons (Fsp3) is 0.321. The van der Waals surface area contributed by atoms with Crippen LogP contribution < -0.4 is 26.4 Å². The minimum Gasteiger partial charge on any atom is -0.369 e. The quantitative estimate of drug-likeness (QED) is 0.109. The van der Waals surface area contributed by atoms with E-state index in [1.54, 1.807) is 29.6 Å². The fourth-order valence-corrected chi connectivity index (χ4v) is 6.07. The number of nitrogens with one attached hydrogen (secondary N) is 2. The number of hydrogen-bond donors (Lipinski definition) is 4. The smallest absolute Gasteiger partial charge is 0.264 e. The summed E-state index contributed by atoms with van der Waals surface area (Å²) in [4.78, 5) is 48.9. The predicted octanol–water partition coefficient (Wildman–Crippen LogP) is 1.50. The Hall–Kier alpha value is -4.14. The van der Waals surface area contributed by atoms with E-state index >= 15 is 0 Å². The van der Waals surface area contributed by atoms with Crippen molar-refractivity contribution >= 4 is 50.6 Å². The minimum atomic E-state index is -3.90. The van der Waals surface area contributed by atoms with Gasteiger partial charge in [0.05, 0.1) is 17.0 Å². The molecule has 2 amide bonds. The monoisotopic (exact) mass is 611 g/mol. The van der Waals surface area contributed by atoms with Gasteiger partial charge in [0.25, 0.3) is 10.0 Å². The summed E-state index contributed by atoms with van der Waals surface area (Å²) < 4.78 is 27.3. The van der Waals surface area contributed by atoms with E-state index < -0.39 is 28.0 Å². The number of sulfonamides is 1. The van der Waals surface area contributed by atoms with Crippen molar-refractivity contribution < 1.29 is 22.8 Å². The van der Waals surface area contributed by atoms with Crippen molar-refractivity contribution in [3.63, 3.8) is 0 Å². The van der Waals surface area contributed by atoms with Crippen LogP contribution in [0.15, 0.2) is 70.0 Å². The van der Waals surface area contributed by atoms with Crippen LogP contribution in [0.5, 0.6) is 0 Å². The maximum Gasteiger partial charge on any atom is 0.264 e. The minimum absolute atomic E-state index is 0.0505. The first-order valence-corrected chi connectivity index (χ1v) is 15.7. The first kappa shape index (κ1) is 30.8. The Morgan fingerprint density at radius 1 is 1.19 bits per heavy atom. The number of aryl methyl sites for hydroxylation is 2. The molecule has 0 spiro atoms. The number of Topliss-reactive ketones (excluding diaryl/α,β-unsaturated/α-hetero) is 1. The molecule has 0 fully saturated rings. The molecule has 2 heterocycles. The number of para-hydroxylation sites is 1. The lowest BCUT2D eigenvalue weighted by atomic mass is 10.1. The largest absolute Gasteiger partial charge is 0.369 e. The Kier molecular flexibility index (Phi) is 10.0. The molecule has 2 atom stereocenters. The highest BCUT2D eigenvalue weighted by Gasteiger charge is 2.31. The standard InChI is InChI=1S/C28H33N7O5S2/c1-18-8-11-20(12-9-18)42(39,40)34-28(30)32-14-4-6-22(25(37)26-31-15-16-41-26)33-24(36)17-35-23-7-3-2-5-19(23)10-13-21(29)27(35)38/h2-3,5,7-9,11-12,15-16,21-22H,4,6,10,13-14,17,29H2,1H3,(H,33,36)(H3,30,32,34)/t21?,22-/m1/s1. The van der Waals surface area contributed by atoms with E-state index in [1.807, 2.05) is 19.1 Å². The molecule has 14 heteroatoms. The summed E-state index contributed by atoms with van der Waals surface area (Å²) >= 11 is 1.15. The molecule has 12 nitrogen and oxygen atoms in total. The maximum absolute atomic E-state index is 13.2. The van der Waals surface area contributed by atoms with E-state index in [1.165, 1.54) is 23.2 Å². The van der Waals surface area contributed by atoms with E-state index in [0.717, 1.165) is 22.5 Å². The normalized spacial score (nSPS) is 16.3. The molecule has 0 aliphatic carbocycles. The lowest BCUT2D eigenvalue weighted by Crippen LogP contribution is -2.50. The number of ketones is 1. The summed E-state index contributed by atoms with van der Waals surface area (Å²) in [5.41, 5.74) is 14.3. The third kappa shape index (κ3) is 7.78. The van der Waals surface area contributed by atoms with E-state index in [2.05, 4.69) is 20.0 Å². The summed E-state index contributed by atoms with van der Waals surface area (Å²) in [6, 6.07) is 11.9. The molecule has 3 aromatic rings. The first-order chi connectivity index (χ1) is 20.0. The number of aromatic nitrogens is 1. The van der Waals surface area contributed by atoms with Gasteiger partial charge in [-0.05, 0) is 56.4 Å². The molecule has 0 saturated carbocycles. The number of hydrogen-bond acceptors (Lipinski definition) is 9. The van der Waals surface area contributed by atoms with Crippen molar-refractivity contribution in [1.29, 1.82) is 0 Å². The Balaban J connectivity index is 1.41. The molecule has 4 rings (SSSR count). The maximum atomic E-state index is 13.2. The number of rotatable bonds is 11. The highest BCUT2D eigenvalue weighted by molar-refractivity contribution is 7.90. The molecule has 0 radical (unpaired) electrons. The molecular weight excluding hydrogens is 578 g/mol. The molecule has 0 saturated heterocycles. The zero-order chi connectivity index (χ0) is 30.3. The van der Waals surface area contributed by atoms with Gasteiger partial charge in [-0.15, -0.1) is 11.3 Å². The summed E-state index contributed by atoms with van der Waals surface area (Å²) in [7, 11) is -3.90. The van der Waals surface area contributed by atoms with Gasteiger partial charge in [0.1, 0.15) is 6.54 Å². The highest BCUT2D eigenvalue weighted by Crippen LogP contribution is 2.26. The van der Waals surface area contributed by atoms with E-state index in [-0.39, 0.29) is 47.1 Å². The Labute approximate surface area is 248 Å². The zero-order valence-corrected chi connectivity index (χ0v) is 24.7. The van der Waals surface area contributed by atoms with Crippen molar-refractivity contribution in [2.24, 2.45) is 16.5 Å². The molecule has 0 bridgehead atoms. The van der Waals surface area contributed by atoms with Crippen molar-refractivity contribution in [3.8, 4) is 0 Å². The Morgan fingerprint density at radius 3 is 2.64 bits per heavy atom. The number of guanidine groups is 1. The molecule has 2 aromatic carbocycles. The molecule has 1 aromatic heterocycles. The molecule has 42 heavy (non-hydrogen) atoms. The molecule has 222 valence electrons. The summed E-state index contributed by atoms with van der Waals surface area (Å²) in [5.74, 6) is -1.57. The van der Waals surface area contributed by atoms with Gasteiger partial charge in [0.15, 0.2) is 5.01 Å². The third-order valence-electron chi connectivity index (χ3n) is 6.69. The van der Waals surface area contributed by atoms with Gasteiger partial charge in [-0.1, -0.05) is 35.9 Å². The average molecular weight is 612 g/mol. The van der Waals surface area contributed by atoms with Crippen molar-refractivity contribution in [2.45, 2.75) is 49.6 Å². The molecule has 1 aliphatic heterocycles.